The van der Waals surface area contributed by atoms with Gasteiger partial charge < -0.3 is 30.7 Å². The van der Waals surface area contributed by atoms with Crippen LogP contribution in [0.25, 0.3) is 16.5 Å². The third kappa shape index (κ3) is 5.75. The minimum absolute atomic E-state index is 0.0379. The fraction of sp³-hybridized carbons (Fsp3) is 0.455. The number of hydrogen-bond donors (Lipinski definition) is 3. The van der Waals surface area contributed by atoms with Crippen molar-refractivity contribution < 1.29 is 31.8 Å². The molecule has 10 nitrogen and oxygen atoms in total. The topological polar surface area (TPSA) is 128 Å². The lowest BCUT2D eigenvalue weighted by atomic mass is 10.0. The van der Waals surface area contributed by atoms with Crippen LogP contribution in [0, 0.1) is 5.82 Å². The van der Waals surface area contributed by atoms with E-state index in [0.29, 0.717) is 26.1 Å². The van der Waals surface area contributed by atoms with Crippen molar-refractivity contribution in [3.8, 4) is 11.9 Å². The highest BCUT2D eigenvalue weighted by atomic mass is 19.4. The SMILES string of the molecule is COc1nc2c3c(nc(C(/C=C(/N)C=O)=C(/N(C)C)C(F)(F)F)c(F)c3n1)OC(C)CCNCCN2. The van der Waals surface area contributed by atoms with Crippen LogP contribution in [-0.2, 0) is 4.79 Å². The summed E-state index contributed by atoms with van der Waals surface area (Å²) < 4.78 is 69.4. The number of aromatic nitrogens is 3. The summed E-state index contributed by atoms with van der Waals surface area (Å²) in [5, 5.41) is 6.29. The van der Waals surface area contributed by atoms with Crippen LogP contribution in [0.15, 0.2) is 17.5 Å². The van der Waals surface area contributed by atoms with E-state index in [1.165, 1.54) is 7.11 Å². The molecule has 14 heteroatoms. The normalized spacial score (nSPS) is 17.9. The molecular formula is C22H27F4N7O3. The lowest BCUT2D eigenvalue weighted by Crippen LogP contribution is -2.27. The molecule has 0 saturated carbocycles. The van der Waals surface area contributed by atoms with Crippen molar-refractivity contribution in [3.05, 3.63) is 29.0 Å². The number of anilines is 1. The first kappa shape index (κ1) is 26.9. The maximum absolute atomic E-state index is 16.0. The van der Waals surface area contributed by atoms with E-state index in [2.05, 4.69) is 25.6 Å². The molecule has 4 N–H and O–H groups in total. The van der Waals surface area contributed by atoms with Crippen molar-refractivity contribution >= 4 is 28.6 Å². The van der Waals surface area contributed by atoms with Crippen LogP contribution in [0.3, 0.4) is 0 Å². The molecule has 36 heavy (non-hydrogen) atoms. The Hall–Kier alpha value is -3.68. The molecule has 1 aliphatic heterocycles. The average molecular weight is 513 g/mol. The van der Waals surface area contributed by atoms with E-state index in [0.717, 1.165) is 25.1 Å². The Kier molecular flexibility index (Phi) is 8.17. The standard InChI is InChI=1S/C22H27F4N7O3/c1-11-5-6-28-7-8-29-19-14-17(31-21(32-19)35-4)15(23)16(30-20(14)36-11)13(9-12(27)10-34)18(33(2)3)22(24,25)26/h9-11,28H,5-8,27H2,1-4H3,(H,29,31,32)/b12-9+,18-13+. The van der Waals surface area contributed by atoms with Crippen molar-refractivity contribution in [1.82, 2.24) is 25.2 Å². The highest BCUT2D eigenvalue weighted by Gasteiger charge is 2.39. The molecule has 0 saturated heterocycles. The summed E-state index contributed by atoms with van der Waals surface area (Å²) in [7, 11) is 3.52. The van der Waals surface area contributed by atoms with Crippen molar-refractivity contribution in [2.45, 2.75) is 25.6 Å². The fourth-order valence-corrected chi connectivity index (χ4v) is 3.65. The van der Waals surface area contributed by atoms with Gasteiger partial charge in [-0.25, -0.2) is 9.37 Å². The van der Waals surface area contributed by atoms with Gasteiger partial charge in [0.2, 0.25) is 5.88 Å². The lowest BCUT2D eigenvalue weighted by Gasteiger charge is -2.24. The molecular weight excluding hydrogens is 486 g/mol. The Balaban J connectivity index is 2.49. The summed E-state index contributed by atoms with van der Waals surface area (Å²) in [4.78, 5) is 24.4. The summed E-state index contributed by atoms with van der Waals surface area (Å²) in [5.74, 6) is -1.25. The van der Waals surface area contributed by atoms with Crippen LogP contribution < -0.4 is 25.8 Å². The summed E-state index contributed by atoms with van der Waals surface area (Å²) >= 11 is 0. The molecule has 1 aliphatic rings. The predicted molar refractivity (Wildman–Crippen MR) is 125 cm³/mol. The summed E-state index contributed by atoms with van der Waals surface area (Å²) in [6, 6.07) is -0.222. The van der Waals surface area contributed by atoms with Gasteiger partial charge in [0, 0.05) is 32.8 Å². The van der Waals surface area contributed by atoms with Crippen LogP contribution in [0.4, 0.5) is 23.4 Å². The second kappa shape index (κ2) is 10.9. The second-order valence-electron chi connectivity index (χ2n) is 8.17. The molecule has 3 rings (SSSR count). The van der Waals surface area contributed by atoms with E-state index < -0.39 is 40.8 Å². The quantitative estimate of drug-likeness (QED) is 0.237. The Morgan fingerprint density at radius 3 is 2.56 bits per heavy atom. The number of carbonyl (C=O) groups is 1. The summed E-state index contributed by atoms with van der Waals surface area (Å²) in [5.41, 5.74) is 1.81. The molecule has 0 aliphatic carbocycles. The van der Waals surface area contributed by atoms with Gasteiger partial charge in [0.05, 0.1) is 18.9 Å². The second-order valence-corrected chi connectivity index (χ2v) is 8.17. The fourth-order valence-electron chi connectivity index (χ4n) is 3.65. The van der Waals surface area contributed by atoms with E-state index >= 15 is 4.39 Å². The molecule has 3 heterocycles. The number of aldehydes is 1. The number of allylic oxidation sites excluding steroid dienone is 4. The summed E-state index contributed by atoms with van der Waals surface area (Å²) in [6.45, 7) is 3.29. The molecule has 0 aromatic carbocycles. The Morgan fingerprint density at radius 1 is 1.22 bits per heavy atom. The number of pyridine rings is 1. The van der Waals surface area contributed by atoms with Gasteiger partial charge in [-0.1, -0.05) is 0 Å². The van der Waals surface area contributed by atoms with Crippen LogP contribution in [-0.4, -0.2) is 79.3 Å². The number of nitrogens with two attached hydrogens (primary N) is 1. The van der Waals surface area contributed by atoms with Gasteiger partial charge in [-0.2, -0.15) is 23.1 Å². The first-order valence-electron chi connectivity index (χ1n) is 11.0. The average Bonchev–Trinajstić information content (AvgIpc) is 2.83. The number of nitrogens with one attached hydrogen (secondary N) is 2. The third-order valence-corrected chi connectivity index (χ3v) is 5.22. The molecule has 2 aromatic rings. The minimum Gasteiger partial charge on any atom is -0.474 e. The Labute approximate surface area is 204 Å². The maximum atomic E-state index is 16.0. The molecule has 0 bridgehead atoms. The van der Waals surface area contributed by atoms with Crippen molar-refractivity contribution in [2.24, 2.45) is 5.73 Å². The third-order valence-electron chi connectivity index (χ3n) is 5.22. The van der Waals surface area contributed by atoms with Crippen molar-refractivity contribution in [2.75, 3.05) is 46.2 Å². The Morgan fingerprint density at radius 2 is 1.94 bits per heavy atom. The first-order valence-corrected chi connectivity index (χ1v) is 11.0. The number of ether oxygens (including phenoxy) is 2. The number of carbonyl (C=O) groups excluding carboxylic acids is 1. The van der Waals surface area contributed by atoms with E-state index in [-0.39, 0.29) is 34.9 Å². The van der Waals surface area contributed by atoms with Crippen LogP contribution in [0.2, 0.25) is 0 Å². The van der Waals surface area contributed by atoms with Gasteiger partial charge >= 0.3 is 12.2 Å². The monoisotopic (exact) mass is 513 g/mol. The number of nitrogens with zero attached hydrogens (tertiary/aromatic N) is 4. The maximum Gasteiger partial charge on any atom is 0.431 e. The molecule has 0 radical (unpaired) electrons. The number of rotatable bonds is 5. The number of alkyl halides is 3. The lowest BCUT2D eigenvalue weighted by molar-refractivity contribution is -0.107. The van der Waals surface area contributed by atoms with Crippen LogP contribution in [0.1, 0.15) is 19.0 Å². The van der Waals surface area contributed by atoms with Gasteiger partial charge in [0.25, 0.3) is 0 Å². The molecule has 0 amide bonds. The van der Waals surface area contributed by atoms with Crippen molar-refractivity contribution in [1.29, 1.82) is 0 Å². The van der Waals surface area contributed by atoms with E-state index in [1.807, 2.05) is 0 Å². The molecule has 1 unspecified atom stereocenters. The highest BCUT2D eigenvalue weighted by molar-refractivity contribution is 5.97. The molecule has 196 valence electrons. The van der Waals surface area contributed by atoms with E-state index in [1.54, 1.807) is 6.92 Å². The predicted octanol–water partition coefficient (Wildman–Crippen LogP) is 2.22. The molecule has 0 spiro atoms. The molecule has 0 fully saturated rings. The van der Waals surface area contributed by atoms with Crippen LogP contribution >= 0.6 is 0 Å². The number of methoxy groups -OCH3 is 1. The van der Waals surface area contributed by atoms with Gasteiger partial charge in [-0.15, -0.1) is 0 Å². The van der Waals surface area contributed by atoms with Gasteiger partial charge in [0.15, 0.2) is 12.1 Å². The highest BCUT2D eigenvalue weighted by Crippen LogP contribution is 2.40. The minimum atomic E-state index is -4.95. The summed E-state index contributed by atoms with van der Waals surface area (Å²) in [6.07, 6.45) is -3.99. The first-order chi connectivity index (χ1) is 17.0. The molecule has 2 aromatic heterocycles. The zero-order valence-corrected chi connectivity index (χ0v) is 20.2. The zero-order valence-electron chi connectivity index (χ0n) is 20.2. The Bertz CT molecular complexity index is 1200. The van der Waals surface area contributed by atoms with Gasteiger partial charge in [0.1, 0.15) is 28.1 Å². The van der Waals surface area contributed by atoms with Crippen molar-refractivity contribution in [3.63, 3.8) is 0 Å². The molecule has 1 atom stereocenters. The van der Waals surface area contributed by atoms with Crippen LogP contribution in [0.5, 0.6) is 11.9 Å². The van der Waals surface area contributed by atoms with E-state index in [9.17, 15) is 18.0 Å². The smallest absolute Gasteiger partial charge is 0.431 e. The number of halogens is 4. The number of hydrogen-bond acceptors (Lipinski definition) is 10. The largest absolute Gasteiger partial charge is 0.474 e. The van der Waals surface area contributed by atoms with Gasteiger partial charge in [-0.3, -0.25) is 4.79 Å². The zero-order chi connectivity index (χ0) is 26.6. The van der Waals surface area contributed by atoms with Gasteiger partial charge in [-0.05, 0) is 26.0 Å². The van der Waals surface area contributed by atoms with E-state index in [4.69, 9.17) is 15.2 Å².